The lowest BCUT2D eigenvalue weighted by Crippen LogP contribution is -2.44. The van der Waals surface area contributed by atoms with Gasteiger partial charge in [0.1, 0.15) is 4.21 Å². The smallest absolute Gasteiger partial charge is 0.306 e. The summed E-state index contributed by atoms with van der Waals surface area (Å²) in [5.74, 6) is 6.63. The zero-order chi connectivity index (χ0) is 14.9. The van der Waals surface area contributed by atoms with Gasteiger partial charge in [-0.15, -0.1) is 0 Å². The Morgan fingerprint density at radius 1 is 1.60 bits per heavy atom. The molecule has 1 aromatic rings. The zero-order valence-electron chi connectivity index (χ0n) is 10.6. The Balaban J connectivity index is 2.41. The minimum Gasteiger partial charge on any atom is -0.310 e. The molecule has 1 aliphatic rings. The quantitative estimate of drug-likeness (QED) is 0.479. The zero-order valence-corrected chi connectivity index (χ0v) is 13.1. The number of thiophene rings is 1. The van der Waals surface area contributed by atoms with E-state index in [1.54, 1.807) is 11.8 Å². The first kappa shape index (κ1) is 15.5. The summed E-state index contributed by atoms with van der Waals surface area (Å²) in [6.45, 7) is 2.24. The van der Waals surface area contributed by atoms with Crippen LogP contribution in [0.3, 0.4) is 0 Å². The van der Waals surface area contributed by atoms with E-state index in [0.29, 0.717) is 12.3 Å². The number of hydrogen-bond acceptors (Lipinski definition) is 8. The fourth-order valence-electron chi connectivity index (χ4n) is 1.91. The van der Waals surface area contributed by atoms with Gasteiger partial charge in [-0.25, -0.2) is 14.3 Å². The Morgan fingerprint density at radius 2 is 2.30 bits per heavy atom. The molecule has 11 heteroatoms. The molecule has 1 aliphatic heterocycles. The highest BCUT2D eigenvalue weighted by atomic mass is 32.2. The summed E-state index contributed by atoms with van der Waals surface area (Å²) < 4.78 is 26.4. The van der Waals surface area contributed by atoms with E-state index in [1.165, 1.54) is 4.31 Å². The Hall–Kier alpha value is -0.880. The summed E-state index contributed by atoms with van der Waals surface area (Å²) in [7, 11) is -3.72. The van der Waals surface area contributed by atoms with E-state index in [1.807, 2.05) is 6.92 Å². The summed E-state index contributed by atoms with van der Waals surface area (Å²) in [6.07, 6.45) is 0. The third kappa shape index (κ3) is 2.76. The number of thioether (sulfide) groups is 1. The van der Waals surface area contributed by atoms with Crippen molar-refractivity contribution in [1.29, 1.82) is 0 Å². The summed E-state index contributed by atoms with van der Waals surface area (Å²) in [5.41, 5.74) is 1.85. The lowest BCUT2D eigenvalue weighted by atomic mass is 10.4. The number of nitrogen functional groups attached to an aromatic ring is 1. The van der Waals surface area contributed by atoms with Crippen molar-refractivity contribution in [3.05, 3.63) is 16.2 Å². The Morgan fingerprint density at radius 3 is 2.80 bits per heavy atom. The van der Waals surface area contributed by atoms with Crippen molar-refractivity contribution < 1.29 is 13.3 Å². The SMILES string of the molecule is CC1CSCCN1S(=O)(=O)c1cc([N+](=O)[O-])c(NN)s1. The number of nitrogens with zero attached hydrogens (tertiary/aromatic N) is 2. The van der Waals surface area contributed by atoms with Crippen LogP contribution in [0.2, 0.25) is 0 Å². The highest BCUT2D eigenvalue weighted by Crippen LogP contribution is 2.38. The fraction of sp³-hybridized carbons (Fsp3) is 0.556. The summed E-state index contributed by atoms with van der Waals surface area (Å²) in [6, 6.07) is 0.929. The first-order valence-electron chi connectivity index (χ1n) is 5.72. The van der Waals surface area contributed by atoms with Gasteiger partial charge in [-0.05, 0) is 6.92 Å². The molecule has 2 heterocycles. The van der Waals surface area contributed by atoms with Crippen LogP contribution < -0.4 is 11.3 Å². The molecule has 1 aromatic heterocycles. The van der Waals surface area contributed by atoms with Crippen LogP contribution in [0.25, 0.3) is 0 Å². The Labute approximate surface area is 124 Å². The van der Waals surface area contributed by atoms with Crippen LogP contribution in [0.15, 0.2) is 10.3 Å². The number of sulfonamides is 1. The second-order valence-electron chi connectivity index (χ2n) is 4.22. The second-order valence-corrected chi connectivity index (χ2v) is 8.54. The Bertz CT molecular complexity index is 615. The lowest BCUT2D eigenvalue weighted by Gasteiger charge is -2.31. The maximum atomic E-state index is 12.5. The molecule has 1 saturated heterocycles. The van der Waals surface area contributed by atoms with Crippen molar-refractivity contribution in [3.8, 4) is 0 Å². The molecule has 0 saturated carbocycles. The normalized spacial score (nSPS) is 20.8. The topological polar surface area (TPSA) is 119 Å². The minimum absolute atomic E-state index is 0.0348. The van der Waals surface area contributed by atoms with Crippen LogP contribution in [0.5, 0.6) is 0 Å². The van der Waals surface area contributed by atoms with E-state index in [0.717, 1.165) is 23.2 Å². The highest BCUT2D eigenvalue weighted by molar-refractivity contribution is 7.99. The van der Waals surface area contributed by atoms with Gasteiger partial charge in [0.25, 0.3) is 10.0 Å². The van der Waals surface area contributed by atoms with Gasteiger partial charge in [-0.3, -0.25) is 10.1 Å². The van der Waals surface area contributed by atoms with E-state index in [4.69, 9.17) is 5.84 Å². The molecule has 112 valence electrons. The van der Waals surface area contributed by atoms with E-state index in [-0.39, 0.29) is 20.9 Å². The predicted octanol–water partition coefficient (Wildman–Crippen LogP) is 1.07. The summed E-state index contributed by atoms with van der Waals surface area (Å²) in [5, 5.41) is 10.9. The predicted molar refractivity (Wildman–Crippen MR) is 79.5 cm³/mol. The van der Waals surface area contributed by atoms with Gasteiger partial charge in [0.2, 0.25) is 0 Å². The molecule has 1 unspecified atom stereocenters. The molecular weight excluding hydrogens is 324 g/mol. The molecule has 0 amide bonds. The monoisotopic (exact) mass is 338 g/mol. The molecule has 20 heavy (non-hydrogen) atoms. The van der Waals surface area contributed by atoms with Crippen molar-refractivity contribution in [1.82, 2.24) is 4.31 Å². The van der Waals surface area contributed by atoms with Gasteiger partial charge in [0, 0.05) is 30.2 Å². The molecule has 1 atom stereocenters. The molecule has 0 aromatic carbocycles. The van der Waals surface area contributed by atoms with E-state index in [9.17, 15) is 18.5 Å². The van der Waals surface area contributed by atoms with Crippen molar-refractivity contribution in [2.24, 2.45) is 5.84 Å². The average Bonchev–Trinajstić information content (AvgIpc) is 2.84. The molecular formula is C9H14N4O4S3. The van der Waals surface area contributed by atoms with Crippen molar-refractivity contribution in [3.63, 3.8) is 0 Å². The number of nitrogens with two attached hydrogens (primary N) is 1. The molecule has 0 aliphatic carbocycles. The van der Waals surface area contributed by atoms with Crippen LogP contribution in [0.1, 0.15) is 6.92 Å². The molecule has 0 spiro atoms. The van der Waals surface area contributed by atoms with Crippen LogP contribution in [-0.2, 0) is 10.0 Å². The average molecular weight is 338 g/mol. The molecule has 0 bridgehead atoms. The van der Waals surface area contributed by atoms with Crippen LogP contribution in [0, 0.1) is 10.1 Å². The summed E-state index contributed by atoms with van der Waals surface area (Å²) >= 11 is 2.47. The number of rotatable bonds is 4. The van der Waals surface area contributed by atoms with Gasteiger partial charge >= 0.3 is 5.69 Å². The number of hydrogen-bond donors (Lipinski definition) is 2. The number of nitro groups is 1. The first-order valence-corrected chi connectivity index (χ1v) is 9.13. The molecule has 1 fully saturated rings. The molecule has 2 rings (SSSR count). The fourth-order valence-corrected chi connectivity index (χ4v) is 6.13. The largest absolute Gasteiger partial charge is 0.310 e. The standard InChI is InChI=1S/C9H14N4O4S3/c1-6-5-18-3-2-12(6)20(16,17)8-4-7(13(14)15)9(11-10)19-8/h4,6,11H,2-3,5,10H2,1H3. The third-order valence-corrected chi connectivity index (χ3v) is 7.59. The lowest BCUT2D eigenvalue weighted by molar-refractivity contribution is -0.383. The maximum absolute atomic E-state index is 12.5. The number of hydrazine groups is 1. The van der Waals surface area contributed by atoms with Gasteiger partial charge in [-0.1, -0.05) is 11.3 Å². The van der Waals surface area contributed by atoms with Crippen molar-refractivity contribution >= 4 is 43.8 Å². The number of anilines is 1. The van der Waals surface area contributed by atoms with Crippen LogP contribution in [-0.4, -0.2) is 41.7 Å². The summed E-state index contributed by atoms with van der Waals surface area (Å²) in [4.78, 5) is 10.2. The minimum atomic E-state index is -3.72. The second kappa shape index (κ2) is 5.85. The van der Waals surface area contributed by atoms with Gasteiger partial charge < -0.3 is 5.43 Å². The van der Waals surface area contributed by atoms with E-state index < -0.39 is 14.9 Å². The van der Waals surface area contributed by atoms with Crippen LogP contribution >= 0.6 is 23.1 Å². The molecule has 0 radical (unpaired) electrons. The van der Waals surface area contributed by atoms with Crippen molar-refractivity contribution in [2.45, 2.75) is 17.2 Å². The molecule has 8 nitrogen and oxygen atoms in total. The van der Waals surface area contributed by atoms with E-state index in [2.05, 4.69) is 5.43 Å². The van der Waals surface area contributed by atoms with Gasteiger partial charge in [-0.2, -0.15) is 16.1 Å². The van der Waals surface area contributed by atoms with Crippen LogP contribution in [0.4, 0.5) is 10.7 Å². The van der Waals surface area contributed by atoms with E-state index >= 15 is 0 Å². The van der Waals surface area contributed by atoms with Gasteiger partial charge in [0.15, 0.2) is 5.00 Å². The first-order chi connectivity index (χ1) is 9.37. The number of nitrogens with one attached hydrogen (secondary N) is 1. The highest BCUT2D eigenvalue weighted by Gasteiger charge is 2.34. The maximum Gasteiger partial charge on any atom is 0.306 e. The Kier molecular flexibility index (Phi) is 4.54. The third-order valence-electron chi connectivity index (χ3n) is 2.89. The van der Waals surface area contributed by atoms with Crippen molar-refractivity contribution in [2.75, 3.05) is 23.5 Å². The van der Waals surface area contributed by atoms with Gasteiger partial charge in [0.05, 0.1) is 4.92 Å². The molecule has 3 N–H and O–H groups in total.